The van der Waals surface area contributed by atoms with Gasteiger partial charge in [-0.2, -0.15) is 0 Å². The van der Waals surface area contributed by atoms with Crippen LogP contribution >= 0.6 is 0 Å². The Balaban J connectivity index is 0.000000845. The predicted octanol–water partition coefficient (Wildman–Crippen LogP) is 2.02. The van der Waals surface area contributed by atoms with Crippen molar-refractivity contribution in [3.63, 3.8) is 0 Å². The van der Waals surface area contributed by atoms with E-state index in [4.69, 9.17) is 4.74 Å². The fourth-order valence-electron chi connectivity index (χ4n) is 1.41. The molecule has 2 heteroatoms. The zero-order valence-corrected chi connectivity index (χ0v) is 7.23. The molecule has 0 radical (unpaired) electrons. The van der Waals surface area contributed by atoms with Gasteiger partial charge in [0.1, 0.15) is 11.9 Å². The van der Waals surface area contributed by atoms with E-state index in [1.807, 2.05) is 30.3 Å². The topological polar surface area (TPSA) is 12.5 Å². The van der Waals surface area contributed by atoms with Crippen LogP contribution in [0, 0.1) is 0 Å². The molecule has 1 aliphatic rings. The van der Waals surface area contributed by atoms with Crippen LogP contribution in [-0.2, 0) is 0 Å². The van der Waals surface area contributed by atoms with Crippen molar-refractivity contribution >= 4 is 0 Å². The first-order valence-corrected chi connectivity index (χ1v) is 4.25. The lowest BCUT2D eigenvalue weighted by atomic mass is 10.2. The van der Waals surface area contributed by atoms with E-state index in [1.165, 1.54) is 0 Å². The number of ether oxygens (including phenoxy) is 1. The highest BCUT2D eigenvalue weighted by molar-refractivity contribution is 5.21. The monoisotopic (exact) mass is 179 g/mol. The third kappa shape index (κ3) is 2.46. The van der Waals surface area contributed by atoms with E-state index in [0.29, 0.717) is 6.10 Å². The van der Waals surface area contributed by atoms with Gasteiger partial charge in [-0.1, -0.05) is 25.6 Å². The van der Waals surface area contributed by atoms with Gasteiger partial charge < -0.3 is 4.74 Å². The van der Waals surface area contributed by atoms with Crippen molar-refractivity contribution in [3.8, 4) is 5.75 Å². The highest BCUT2D eigenvalue weighted by atomic mass is 16.5. The standard InChI is InChI=1S/C10H13NO.CH4/c1-11-7-10(8-11)12-9-5-3-2-4-6-9;/h2-6,10H,7-8H2,1H3;1H4. The maximum Gasteiger partial charge on any atom is 0.124 e. The minimum absolute atomic E-state index is 0. The van der Waals surface area contributed by atoms with Crippen molar-refractivity contribution in [1.29, 1.82) is 0 Å². The minimum atomic E-state index is 0. The Morgan fingerprint density at radius 1 is 1.23 bits per heavy atom. The predicted molar refractivity (Wildman–Crippen MR) is 55.1 cm³/mol. The maximum absolute atomic E-state index is 5.68. The first-order valence-electron chi connectivity index (χ1n) is 4.25. The normalized spacial score (nSPS) is 17.3. The molecule has 0 N–H and O–H groups in total. The van der Waals surface area contributed by atoms with Gasteiger partial charge >= 0.3 is 0 Å². The largest absolute Gasteiger partial charge is 0.488 e. The van der Waals surface area contributed by atoms with E-state index in [-0.39, 0.29) is 7.43 Å². The Kier molecular flexibility index (Phi) is 3.32. The van der Waals surface area contributed by atoms with Crippen LogP contribution in [0.5, 0.6) is 5.75 Å². The van der Waals surface area contributed by atoms with Crippen LogP contribution in [0.25, 0.3) is 0 Å². The van der Waals surface area contributed by atoms with E-state index in [0.717, 1.165) is 18.8 Å². The van der Waals surface area contributed by atoms with Gasteiger partial charge in [0, 0.05) is 13.1 Å². The second-order valence-corrected chi connectivity index (χ2v) is 3.27. The summed E-state index contributed by atoms with van der Waals surface area (Å²) in [6, 6.07) is 9.99. The third-order valence-electron chi connectivity index (χ3n) is 2.08. The smallest absolute Gasteiger partial charge is 0.124 e. The van der Waals surface area contributed by atoms with Crippen LogP contribution in [0.3, 0.4) is 0 Å². The minimum Gasteiger partial charge on any atom is -0.488 e. The Bertz CT molecular complexity index is 242. The highest BCUT2D eigenvalue weighted by Crippen LogP contribution is 2.15. The number of benzene rings is 1. The van der Waals surface area contributed by atoms with Gasteiger partial charge in [0.15, 0.2) is 0 Å². The fourth-order valence-corrected chi connectivity index (χ4v) is 1.41. The van der Waals surface area contributed by atoms with Crippen LogP contribution in [0.1, 0.15) is 7.43 Å². The molecule has 1 heterocycles. The molecule has 0 unspecified atom stereocenters. The number of para-hydroxylation sites is 1. The maximum atomic E-state index is 5.68. The van der Waals surface area contributed by atoms with Gasteiger partial charge in [-0.25, -0.2) is 0 Å². The first-order chi connectivity index (χ1) is 5.84. The summed E-state index contributed by atoms with van der Waals surface area (Å²) in [6.45, 7) is 2.10. The fraction of sp³-hybridized carbons (Fsp3) is 0.455. The molecule has 0 amide bonds. The van der Waals surface area contributed by atoms with Crippen LogP contribution < -0.4 is 4.74 Å². The van der Waals surface area contributed by atoms with Crippen molar-refractivity contribution in [1.82, 2.24) is 4.90 Å². The number of nitrogens with zero attached hydrogens (tertiary/aromatic N) is 1. The second-order valence-electron chi connectivity index (χ2n) is 3.27. The molecule has 0 aliphatic carbocycles. The number of likely N-dealkylation sites (N-methyl/N-ethyl adjacent to an activating group) is 1. The summed E-state index contributed by atoms with van der Waals surface area (Å²) in [4.78, 5) is 2.24. The molecule has 13 heavy (non-hydrogen) atoms. The summed E-state index contributed by atoms with van der Waals surface area (Å²) < 4.78 is 5.68. The molecule has 1 fully saturated rings. The van der Waals surface area contributed by atoms with Crippen LogP contribution in [0.15, 0.2) is 30.3 Å². The Hall–Kier alpha value is -1.02. The van der Waals surface area contributed by atoms with E-state index >= 15 is 0 Å². The molecule has 1 aromatic rings. The molecule has 1 aromatic carbocycles. The molecule has 0 saturated carbocycles. The van der Waals surface area contributed by atoms with Gasteiger partial charge in [-0.15, -0.1) is 0 Å². The molecule has 0 aromatic heterocycles. The molecule has 1 aliphatic heterocycles. The molecule has 2 rings (SSSR count). The number of rotatable bonds is 2. The molecule has 72 valence electrons. The van der Waals surface area contributed by atoms with E-state index in [1.54, 1.807) is 0 Å². The summed E-state index contributed by atoms with van der Waals surface area (Å²) in [6.07, 6.45) is 0.400. The molecule has 0 spiro atoms. The molecule has 0 atom stereocenters. The van der Waals surface area contributed by atoms with Gasteiger partial charge in [-0.05, 0) is 19.2 Å². The Labute approximate surface area is 80.1 Å². The second kappa shape index (κ2) is 4.28. The van der Waals surface area contributed by atoms with E-state index < -0.39 is 0 Å². The van der Waals surface area contributed by atoms with Crippen molar-refractivity contribution < 1.29 is 4.74 Å². The summed E-state index contributed by atoms with van der Waals surface area (Å²) >= 11 is 0. The van der Waals surface area contributed by atoms with Crippen LogP contribution in [0.2, 0.25) is 0 Å². The van der Waals surface area contributed by atoms with E-state index in [9.17, 15) is 0 Å². The molecule has 1 saturated heterocycles. The zero-order valence-electron chi connectivity index (χ0n) is 7.23. The van der Waals surface area contributed by atoms with Crippen LogP contribution in [-0.4, -0.2) is 31.1 Å². The number of hydrogen-bond donors (Lipinski definition) is 0. The third-order valence-corrected chi connectivity index (χ3v) is 2.08. The molecule has 0 bridgehead atoms. The average molecular weight is 179 g/mol. The van der Waals surface area contributed by atoms with Crippen molar-refractivity contribution in [3.05, 3.63) is 30.3 Å². The van der Waals surface area contributed by atoms with E-state index in [2.05, 4.69) is 11.9 Å². The lowest BCUT2D eigenvalue weighted by Gasteiger charge is -2.35. The lowest BCUT2D eigenvalue weighted by Crippen LogP contribution is -2.51. The molecular weight excluding hydrogens is 162 g/mol. The quantitative estimate of drug-likeness (QED) is 0.688. The lowest BCUT2D eigenvalue weighted by molar-refractivity contribution is 0.0388. The van der Waals surface area contributed by atoms with Gasteiger partial charge in [0.05, 0.1) is 0 Å². The summed E-state index contributed by atoms with van der Waals surface area (Å²) in [7, 11) is 2.10. The summed E-state index contributed by atoms with van der Waals surface area (Å²) in [5, 5.41) is 0. The number of hydrogen-bond acceptors (Lipinski definition) is 2. The van der Waals surface area contributed by atoms with Crippen molar-refractivity contribution in [2.75, 3.05) is 20.1 Å². The first kappa shape index (κ1) is 10.1. The Morgan fingerprint density at radius 3 is 2.38 bits per heavy atom. The van der Waals surface area contributed by atoms with Gasteiger partial charge in [0.25, 0.3) is 0 Å². The zero-order chi connectivity index (χ0) is 8.39. The summed E-state index contributed by atoms with van der Waals surface area (Å²) in [5.41, 5.74) is 0. The molecular formula is C11H17NO. The Morgan fingerprint density at radius 2 is 1.85 bits per heavy atom. The number of likely N-dealkylation sites (tertiary alicyclic amines) is 1. The summed E-state index contributed by atoms with van der Waals surface area (Å²) in [5.74, 6) is 0.982. The van der Waals surface area contributed by atoms with Crippen LogP contribution in [0.4, 0.5) is 0 Å². The van der Waals surface area contributed by atoms with Gasteiger partial charge in [-0.3, -0.25) is 4.90 Å². The average Bonchev–Trinajstić information content (AvgIpc) is 2.04. The van der Waals surface area contributed by atoms with Crippen molar-refractivity contribution in [2.24, 2.45) is 0 Å². The molecule has 2 nitrogen and oxygen atoms in total. The van der Waals surface area contributed by atoms with Crippen molar-refractivity contribution in [2.45, 2.75) is 13.5 Å². The SMILES string of the molecule is C.CN1CC(Oc2ccccc2)C1. The van der Waals surface area contributed by atoms with Gasteiger partial charge in [0.2, 0.25) is 0 Å². The highest BCUT2D eigenvalue weighted by Gasteiger charge is 2.24.